The first-order valence-electron chi connectivity index (χ1n) is 8.09. The summed E-state index contributed by atoms with van der Waals surface area (Å²) in [5.41, 5.74) is 0.392. The van der Waals surface area contributed by atoms with Crippen LogP contribution in [0.15, 0.2) is 10.6 Å². The number of carbonyl (C=O) groups excluding carboxylic acids is 1. The fourth-order valence-corrected chi connectivity index (χ4v) is 4.08. The van der Waals surface area contributed by atoms with Crippen molar-refractivity contribution in [2.45, 2.75) is 50.2 Å². The van der Waals surface area contributed by atoms with Crippen molar-refractivity contribution < 1.29 is 19.5 Å². The van der Waals surface area contributed by atoms with Crippen LogP contribution in [0.5, 0.6) is 0 Å². The number of rotatable bonds is 4. The van der Waals surface area contributed by atoms with Gasteiger partial charge in [0.15, 0.2) is 5.69 Å². The number of nitrogens with zero attached hydrogens (tertiary/aromatic N) is 1. The van der Waals surface area contributed by atoms with Gasteiger partial charge in [0.25, 0.3) is 5.91 Å². The number of hydrogen-bond acceptors (Lipinski definition) is 5. The Labute approximate surface area is 128 Å². The highest BCUT2D eigenvalue weighted by atomic mass is 16.5. The summed E-state index contributed by atoms with van der Waals surface area (Å²) in [4.78, 5) is 12.2. The summed E-state index contributed by atoms with van der Waals surface area (Å²) >= 11 is 0. The van der Waals surface area contributed by atoms with Crippen molar-refractivity contribution >= 4 is 5.91 Å². The fourth-order valence-electron chi connectivity index (χ4n) is 4.08. The number of nitrogens with one attached hydrogen (secondary N) is 1. The smallest absolute Gasteiger partial charge is 0.273 e. The highest BCUT2D eigenvalue weighted by Gasteiger charge is 2.51. The zero-order valence-corrected chi connectivity index (χ0v) is 12.7. The van der Waals surface area contributed by atoms with Gasteiger partial charge in [0.2, 0.25) is 0 Å². The molecule has 1 amide bonds. The van der Waals surface area contributed by atoms with E-state index in [0.717, 1.165) is 31.4 Å². The Morgan fingerprint density at radius 2 is 2.18 bits per heavy atom. The second-order valence-electron chi connectivity index (χ2n) is 7.48. The van der Waals surface area contributed by atoms with E-state index in [1.54, 1.807) is 6.07 Å². The van der Waals surface area contributed by atoms with Crippen LogP contribution in [0.4, 0.5) is 0 Å². The van der Waals surface area contributed by atoms with Gasteiger partial charge in [0.05, 0.1) is 12.2 Å². The molecule has 0 unspecified atom stereocenters. The molecule has 2 bridgehead atoms. The summed E-state index contributed by atoms with van der Waals surface area (Å²) in [7, 11) is 0. The number of amides is 1. The molecular weight excluding hydrogens is 284 g/mol. The molecule has 3 fully saturated rings. The summed E-state index contributed by atoms with van der Waals surface area (Å²) in [6, 6.07) is 1.74. The molecule has 3 aliphatic carbocycles. The van der Waals surface area contributed by atoms with Crippen molar-refractivity contribution in [3.05, 3.63) is 17.5 Å². The van der Waals surface area contributed by atoms with E-state index in [2.05, 4.69) is 17.4 Å². The van der Waals surface area contributed by atoms with Crippen molar-refractivity contribution in [1.29, 1.82) is 0 Å². The van der Waals surface area contributed by atoms with Crippen LogP contribution in [0.25, 0.3) is 0 Å². The Balaban J connectivity index is 1.34. The molecule has 3 aliphatic rings. The molecule has 4 rings (SSSR count). The highest BCUT2D eigenvalue weighted by Crippen LogP contribution is 2.49. The number of fused-ring (bicyclic) bond motifs is 2. The first kappa shape index (κ1) is 14.2. The number of aliphatic hydroxyl groups is 2. The van der Waals surface area contributed by atoms with Crippen LogP contribution in [-0.4, -0.2) is 40.0 Å². The predicted molar refractivity (Wildman–Crippen MR) is 77.1 cm³/mol. The summed E-state index contributed by atoms with van der Waals surface area (Å²) in [5.74, 6) is 1.07. The Morgan fingerprint density at radius 3 is 2.82 bits per heavy atom. The number of hydrogen-bond donors (Lipinski definition) is 3. The predicted octanol–water partition coefficient (Wildman–Crippen LogP) is 0.834. The third-order valence-electron chi connectivity index (χ3n) is 5.92. The summed E-state index contributed by atoms with van der Waals surface area (Å²) in [6.45, 7) is 2.63. The molecule has 1 aromatic rings. The van der Waals surface area contributed by atoms with Crippen LogP contribution in [0.2, 0.25) is 0 Å². The normalized spacial score (nSPS) is 38.2. The minimum atomic E-state index is -0.644. The zero-order valence-electron chi connectivity index (χ0n) is 12.7. The lowest BCUT2D eigenvalue weighted by Gasteiger charge is -2.29. The quantitative estimate of drug-likeness (QED) is 0.766. The number of aliphatic hydroxyl groups excluding tert-OH is 2. The van der Waals surface area contributed by atoms with Crippen molar-refractivity contribution in [3.8, 4) is 0 Å². The lowest BCUT2D eigenvalue weighted by Crippen LogP contribution is -2.41. The molecule has 120 valence electrons. The monoisotopic (exact) mass is 306 g/mol. The first-order valence-corrected chi connectivity index (χ1v) is 8.09. The van der Waals surface area contributed by atoms with Gasteiger partial charge in [0, 0.05) is 18.0 Å². The van der Waals surface area contributed by atoms with Gasteiger partial charge >= 0.3 is 0 Å². The minimum absolute atomic E-state index is 0.0659. The number of carbonyl (C=O) groups is 1. The molecule has 1 heterocycles. The third kappa shape index (κ3) is 2.16. The van der Waals surface area contributed by atoms with Crippen LogP contribution >= 0.6 is 0 Å². The third-order valence-corrected chi connectivity index (χ3v) is 5.92. The van der Waals surface area contributed by atoms with Crippen LogP contribution < -0.4 is 5.32 Å². The van der Waals surface area contributed by atoms with Gasteiger partial charge in [-0.15, -0.1) is 0 Å². The van der Waals surface area contributed by atoms with Crippen LogP contribution in [0.3, 0.4) is 0 Å². The zero-order chi connectivity index (χ0) is 15.5. The Hall–Kier alpha value is -1.40. The summed E-state index contributed by atoms with van der Waals surface area (Å²) < 4.78 is 5.28. The van der Waals surface area contributed by atoms with E-state index in [0.29, 0.717) is 12.2 Å². The van der Waals surface area contributed by atoms with E-state index < -0.39 is 12.2 Å². The lowest BCUT2D eigenvalue weighted by atomic mass is 9.85. The molecule has 0 aromatic carbocycles. The largest absolute Gasteiger partial charge is 0.390 e. The molecule has 3 saturated carbocycles. The molecule has 6 nitrogen and oxygen atoms in total. The Kier molecular flexibility index (Phi) is 3.10. The fraction of sp³-hybridized carbons (Fsp3) is 0.750. The van der Waals surface area contributed by atoms with E-state index in [1.807, 2.05) is 0 Å². The molecular formula is C16H22N2O4. The first-order chi connectivity index (χ1) is 10.5. The molecule has 22 heavy (non-hydrogen) atoms. The highest BCUT2D eigenvalue weighted by molar-refractivity contribution is 5.92. The van der Waals surface area contributed by atoms with E-state index in [4.69, 9.17) is 4.52 Å². The molecule has 1 aromatic heterocycles. The van der Waals surface area contributed by atoms with Crippen molar-refractivity contribution in [1.82, 2.24) is 10.5 Å². The van der Waals surface area contributed by atoms with Gasteiger partial charge in [-0.2, -0.15) is 0 Å². The second-order valence-corrected chi connectivity index (χ2v) is 7.48. The maximum Gasteiger partial charge on any atom is 0.273 e. The maximum absolute atomic E-state index is 12.2. The van der Waals surface area contributed by atoms with Crippen LogP contribution in [0.1, 0.15) is 48.9 Å². The van der Waals surface area contributed by atoms with E-state index >= 15 is 0 Å². The van der Waals surface area contributed by atoms with Crippen molar-refractivity contribution in [2.24, 2.45) is 17.8 Å². The molecule has 6 heteroatoms. The lowest BCUT2D eigenvalue weighted by molar-refractivity contribution is -0.0332. The molecule has 0 spiro atoms. The van der Waals surface area contributed by atoms with Crippen LogP contribution in [-0.2, 0) is 5.41 Å². The number of aromatic nitrogens is 1. The van der Waals surface area contributed by atoms with Crippen molar-refractivity contribution in [3.63, 3.8) is 0 Å². The molecule has 5 atom stereocenters. The summed E-state index contributed by atoms with van der Waals surface area (Å²) in [6.07, 6.45) is 2.65. The molecule has 0 radical (unpaired) electrons. The summed E-state index contributed by atoms with van der Waals surface area (Å²) in [5, 5.41) is 26.5. The van der Waals surface area contributed by atoms with E-state index in [-0.39, 0.29) is 29.1 Å². The molecule has 3 N–H and O–H groups in total. The topological polar surface area (TPSA) is 95.6 Å². The Morgan fingerprint density at radius 1 is 1.41 bits per heavy atom. The van der Waals surface area contributed by atoms with Gasteiger partial charge in [-0.3, -0.25) is 4.79 Å². The Bertz CT molecular complexity index is 593. The second kappa shape index (κ2) is 4.80. The standard InChI is InChI=1S/C16H22N2O4/c1-16(2-3-16)12-6-11(18-22-12)15(21)17-7-9-4-8-5-10(9)14(20)13(8)19/h6,8-10,13-14,19-20H,2-5,7H2,1H3,(H,17,21)/t8-,9-,10-,13+,14-/m0/s1. The van der Waals surface area contributed by atoms with Crippen LogP contribution in [0, 0.1) is 17.8 Å². The van der Waals surface area contributed by atoms with E-state index in [1.165, 1.54) is 0 Å². The van der Waals surface area contributed by atoms with Gasteiger partial charge in [-0.25, -0.2) is 0 Å². The minimum Gasteiger partial charge on any atom is -0.390 e. The average molecular weight is 306 g/mol. The molecule has 0 saturated heterocycles. The molecule has 0 aliphatic heterocycles. The average Bonchev–Trinajstić information content (AvgIpc) is 2.92. The van der Waals surface area contributed by atoms with E-state index in [9.17, 15) is 15.0 Å². The van der Waals surface area contributed by atoms with Gasteiger partial charge in [-0.05, 0) is 43.4 Å². The maximum atomic E-state index is 12.2. The van der Waals surface area contributed by atoms with Gasteiger partial charge in [-0.1, -0.05) is 12.1 Å². The SMILES string of the molecule is CC1(c2cc(C(=O)NC[C@@H]3C[C@H]4C[C@@H]3[C@H](O)[C@@H]4O)no2)CC1. The van der Waals surface area contributed by atoms with Gasteiger partial charge < -0.3 is 20.1 Å². The van der Waals surface area contributed by atoms with Gasteiger partial charge in [0.1, 0.15) is 5.76 Å². The van der Waals surface area contributed by atoms with Crippen molar-refractivity contribution in [2.75, 3.05) is 6.54 Å².